The van der Waals surface area contributed by atoms with E-state index in [-0.39, 0.29) is 17.1 Å². The molecule has 2 rings (SSSR count). The van der Waals surface area contributed by atoms with E-state index in [1.54, 1.807) is 0 Å². The van der Waals surface area contributed by atoms with Crippen molar-refractivity contribution in [2.45, 2.75) is 24.0 Å². The maximum atomic E-state index is 12.2. The van der Waals surface area contributed by atoms with Gasteiger partial charge < -0.3 is 10.2 Å². The Balaban J connectivity index is 2.26. The van der Waals surface area contributed by atoms with Gasteiger partial charge in [-0.25, -0.2) is 18.2 Å². The minimum absolute atomic E-state index is 0.0463. The van der Waals surface area contributed by atoms with Crippen LogP contribution in [-0.4, -0.2) is 53.1 Å². The number of aromatic nitrogens is 1. The van der Waals surface area contributed by atoms with E-state index in [4.69, 9.17) is 5.11 Å². The lowest BCUT2D eigenvalue weighted by Gasteiger charge is -2.28. The number of sulfonamides is 1. The number of piperidine rings is 1. The monoisotopic (exact) mass is 286 g/mol. The molecule has 0 aliphatic carbocycles. The molecule has 104 valence electrons. The van der Waals surface area contributed by atoms with Gasteiger partial charge in [0.15, 0.2) is 5.03 Å². The first-order valence-electron chi connectivity index (χ1n) is 5.79. The first-order chi connectivity index (χ1) is 8.91. The van der Waals surface area contributed by atoms with Crippen LogP contribution in [0.2, 0.25) is 0 Å². The number of pyridine rings is 1. The van der Waals surface area contributed by atoms with Crippen LogP contribution < -0.4 is 0 Å². The molecule has 0 bridgehead atoms. The van der Waals surface area contributed by atoms with Crippen LogP contribution in [0.1, 0.15) is 23.2 Å². The van der Waals surface area contributed by atoms with Crippen LogP contribution in [0.15, 0.2) is 23.4 Å². The SMILES string of the molecule is O=C(O)c1ccc(S(=O)(=O)N2CCC[C@H](O)C2)nc1. The summed E-state index contributed by atoms with van der Waals surface area (Å²) in [4.78, 5) is 14.4. The topological polar surface area (TPSA) is 108 Å². The van der Waals surface area contributed by atoms with E-state index in [0.29, 0.717) is 19.4 Å². The van der Waals surface area contributed by atoms with Crippen LogP contribution >= 0.6 is 0 Å². The standard InChI is InChI=1S/C11H14N2O5S/c14-9-2-1-5-13(7-9)19(17,18)10-4-3-8(6-12-10)11(15)16/h3-4,6,9,14H,1-2,5,7H2,(H,15,16)/t9-/m0/s1. The average Bonchev–Trinajstić information content (AvgIpc) is 2.39. The van der Waals surface area contributed by atoms with E-state index in [1.165, 1.54) is 16.4 Å². The number of aliphatic hydroxyl groups is 1. The predicted molar refractivity (Wildman–Crippen MR) is 65.2 cm³/mol. The lowest BCUT2D eigenvalue weighted by atomic mass is 10.1. The van der Waals surface area contributed by atoms with E-state index >= 15 is 0 Å². The fourth-order valence-corrected chi connectivity index (χ4v) is 3.36. The Kier molecular flexibility index (Phi) is 3.83. The lowest BCUT2D eigenvalue weighted by molar-refractivity contribution is 0.0696. The van der Waals surface area contributed by atoms with Crippen molar-refractivity contribution >= 4 is 16.0 Å². The Morgan fingerprint density at radius 2 is 2.16 bits per heavy atom. The van der Waals surface area contributed by atoms with Gasteiger partial charge in [0, 0.05) is 19.3 Å². The van der Waals surface area contributed by atoms with E-state index in [1.807, 2.05) is 0 Å². The summed E-state index contributed by atoms with van der Waals surface area (Å²) in [7, 11) is -3.77. The number of hydrogen-bond acceptors (Lipinski definition) is 5. The number of aliphatic hydroxyl groups excluding tert-OH is 1. The molecule has 0 aromatic carbocycles. The van der Waals surface area contributed by atoms with E-state index in [2.05, 4.69) is 4.98 Å². The van der Waals surface area contributed by atoms with Crippen LogP contribution in [0.5, 0.6) is 0 Å². The van der Waals surface area contributed by atoms with Crippen molar-refractivity contribution in [1.29, 1.82) is 0 Å². The Morgan fingerprint density at radius 3 is 2.68 bits per heavy atom. The van der Waals surface area contributed by atoms with Crippen LogP contribution in [-0.2, 0) is 10.0 Å². The van der Waals surface area contributed by atoms with Gasteiger partial charge in [-0.2, -0.15) is 4.31 Å². The highest BCUT2D eigenvalue weighted by Gasteiger charge is 2.30. The fourth-order valence-electron chi connectivity index (χ4n) is 1.93. The van der Waals surface area contributed by atoms with Crippen LogP contribution in [0.3, 0.4) is 0 Å². The maximum absolute atomic E-state index is 12.2. The highest BCUT2D eigenvalue weighted by Crippen LogP contribution is 2.19. The molecule has 2 N–H and O–H groups in total. The molecule has 1 aliphatic heterocycles. The second-order valence-electron chi connectivity index (χ2n) is 4.35. The molecular weight excluding hydrogens is 272 g/mol. The van der Waals surface area contributed by atoms with Gasteiger partial charge in [-0.15, -0.1) is 0 Å². The van der Waals surface area contributed by atoms with Crippen molar-refractivity contribution in [3.63, 3.8) is 0 Å². The largest absolute Gasteiger partial charge is 0.478 e. The van der Waals surface area contributed by atoms with Gasteiger partial charge in [-0.1, -0.05) is 0 Å². The van der Waals surface area contributed by atoms with Crippen molar-refractivity contribution in [3.8, 4) is 0 Å². The molecule has 1 aromatic heterocycles. The van der Waals surface area contributed by atoms with E-state index in [9.17, 15) is 18.3 Å². The summed E-state index contributed by atoms with van der Waals surface area (Å²) in [5.41, 5.74) is -0.0716. The number of aromatic carboxylic acids is 1. The third-order valence-corrected chi connectivity index (χ3v) is 4.73. The van der Waals surface area contributed by atoms with Gasteiger partial charge in [0.05, 0.1) is 11.7 Å². The molecule has 0 saturated carbocycles. The molecule has 7 nitrogen and oxygen atoms in total. The molecule has 2 heterocycles. The molecule has 0 spiro atoms. The number of rotatable bonds is 3. The van der Waals surface area contributed by atoms with Crippen LogP contribution in [0, 0.1) is 0 Å². The minimum Gasteiger partial charge on any atom is -0.478 e. The summed E-state index contributed by atoms with van der Waals surface area (Å²) in [6.45, 7) is 0.381. The highest BCUT2D eigenvalue weighted by atomic mass is 32.2. The van der Waals surface area contributed by atoms with Crippen molar-refractivity contribution in [2.75, 3.05) is 13.1 Å². The fraction of sp³-hybridized carbons (Fsp3) is 0.455. The summed E-state index contributed by atoms with van der Waals surface area (Å²) in [6.07, 6.45) is 1.52. The van der Waals surface area contributed by atoms with E-state index < -0.39 is 22.1 Å². The third kappa shape index (κ3) is 2.91. The summed E-state index contributed by atoms with van der Waals surface area (Å²) in [5.74, 6) is -1.16. The quantitative estimate of drug-likeness (QED) is 0.805. The van der Waals surface area contributed by atoms with Gasteiger partial charge in [-0.3, -0.25) is 0 Å². The Bertz CT molecular complexity index is 569. The number of β-amino-alcohol motifs (C(OH)–C–C–N with tert-alkyl or cyclic N) is 1. The van der Waals surface area contributed by atoms with Crippen molar-refractivity contribution in [3.05, 3.63) is 23.9 Å². The zero-order valence-electron chi connectivity index (χ0n) is 10.1. The number of carbonyl (C=O) groups is 1. The lowest BCUT2D eigenvalue weighted by Crippen LogP contribution is -2.42. The second kappa shape index (κ2) is 5.24. The summed E-state index contributed by atoms with van der Waals surface area (Å²) >= 11 is 0. The zero-order valence-corrected chi connectivity index (χ0v) is 10.9. The number of carboxylic acids is 1. The third-order valence-electron chi connectivity index (χ3n) is 2.95. The second-order valence-corrected chi connectivity index (χ2v) is 6.23. The molecule has 8 heteroatoms. The van der Waals surface area contributed by atoms with Gasteiger partial charge in [0.25, 0.3) is 10.0 Å². The molecule has 1 saturated heterocycles. The Hall–Kier alpha value is -1.51. The van der Waals surface area contributed by atoms with Gasteiger partial charge in [-0.05, 0) is 25.0 Å². The van der Waals surface area contributed by atoms with Gasteiger partial charge >= 0.3 is 5.97 Å². The predicted octanol–water partition coefficient (Wildman–Crippen LogP) is -0.0748. The molecule has 1 fully saturated rings. The highest BCUT2D eigenvalue weighted by molar-refractivity contribution is 7.89. The first-order valence-corrected chi connectivity index (χ1v) is 7.23. The van der Waals surface area contributed by atoms with Crippen molar-refractivity contribution in [1.82, 2.24) is 9.29 Å². The molecule has 19 heavy (non-hydrogen) atoms. The van der Waals surface area contributed by atoms with Gasteiger partial charge in [0.2, 0.25) is 0 Å². The molecule has 1 aromatic rings. The van der Waals surface area contributed by atoms with Crippen LogP contribution in [0.4, 0.5) is 0 Å². The number of hydrogen-bond donors (Lipinski definition) is 2. The van der Waals surface area contributed by atoms with E-state index in [0.717, 1.165) is 6.20 Å². The average molecular weight is 286 g/mol. The minimum atomic E-state index is -3.77. The summed E-state index contributed by atoms with van der Waals surface area (Å²) in [5, 5.41) is 18.0. The van der Waals surface area contributed by atoms with Crippen molar-refractivity contribution in [2.24, 2.45) is 0 Å². The summed E-state index contributed by atoms with van der Waals surface area (Å²) < 4.78 is 25.6. The molecule has 0 amide bonds. The van der Waals surface area contributed by atoms with Gasteiger partial charge in [0.1, 0.15) is 0 Å². The summed E-state index contributed by atoms with van der Waals surface area (Å²) in [6, 6.07) is 2.36. The molecule has 1 atom stereocenters. The van der Waals surface area contributed by atoms with Crippen molar-refractivity contribution < 1.29 is 23.4 Å². The molecule has 0 radical (unpaired) electrons. The maximum Gasteiger partial charge on any atom is 0.337 e. The Morgan fingerprint density at radius 1 is 1.42 bits per heavy atom. The zero-order chi connectivity index (χ0) is 14.0. The number of carboxylic acid groups (broad SMARTS) is 1. The smallest absolute Gasteiger partial charge is 0.337 e. The Labute approximate surface area is 110 Å². The van der Waals surface area contributed by atoms with Crippen LogP contribution in [0.25, 0.3) is 0 Å². The molecule has 1 aliphatic rings. The molecule has 0 unspecified atom stereocenters. The first kappa shape index (κ1) is 13.9. The molecular formula is C11H14N2O5S. The number of nitrogens with zero attached hydrogens (tertiary/aromatic N) is 2. The normalized spacial score (nSPS) is 21.2.